The Balaban J connectivity index is 1.61. The number of carbonyl (C=O) groups is 1. The van der Waals surface area contributed by atoms with E-state index in [1.807, 2.05) is 18.0 Å². The first-order valence-electron chi connectivity index (χ1n) is 7.90. The molecule has 3 heteroatoms. The van der Waals surface area contributed by atoms with Crippen molar-refractivity contribution in [3.05, 3.63) is 35.9 Å². The van der Waals surface area contributed by atoms with E-state index in [1.54, 1.807) is 11.8 Å². The van der Waals surface area contributed by atoms with Crippen LogP contribution in [0.25, 0.3) is 0 Å². The van der Waals surface area contributed by atoms with Gasteiger partial charge in [-0.1, -0.05) is 37.3 Å². The SMILES string of the molecule is C[C@H](N(C)C(=O)CSCCCc1ccccc1)C1(C)CC1. The van der Waals surface area contributed by atoms with Gasteiger partial charge in [0, 0.05) is 13.1 Å². The molecular formula is C18H27NOS. The highest BCUT2D eigenvalue weighted by Gasteiger charge is 2.45. The van der Waals surface area contributed by atoms with Gasteiger partial charge in [0.25, 0.3) is 0 Å². The van der Waals surface area contributed by atoms with Crippen LogP contribution < -0.4 is 0 Å². The summed E-state index contributed by atoms with van der Waals surface area (Å²) < 4.78 is 0. The predicted octanol–water partition coefficient (Wildman–Crippen LogP) is 4.00. The fourth-order valence-electron chi connectivity index (χ4n) is 2.58. The molecule has 0 spiro atoms. The van der Waals surface area contributed by atoms with Gasteiger partial charge in [-0.05, 0) is 49.3 Å². The third-order valence-electron chi connectivity index (χ3n) is 4.84. The molecule has 0 bridgehead atoms. The molecule has 0 radical (unpaired) electrons. The van der Waals surface area contributed by atoms with E-state index in [0.717, 1.165) is 18.6 Å². The molecule has 2 rings (SSSR count). The number of aryl methyl sites for hydroxylation is 1. The molecule has 1 saturated carbocycles. The lowest BCUT2D eigenvalue weighted by Crippen LogP contribution is -2.41. The van der Waals surface area contributed by atoms with Crippen LogP contribution in [-0.4, -0.2) is 35.4 Å². The first-order valence-corrected chi connectivity index (χ1v) is 9.06. The zero-order valence-electron chi connectivity index (χ0n) is 13.5. The standard InChI is InChI=1S/C18H27NOS/c1-15(18(2)11-12-18)19(3)17(20)14-21-13-7-10-16-8-5-4-6-9-16/h4-6,8-9,15H,7,10-14H2,1-3H3/t15-/m0/s1. The van der Waals surface area contributed by atoms with Gasteiger partial charge in [-0.3, -0.25) is 4.79 Å². The molecule has 2 nitrogen and oxygen atoms in total. The van der Waals surface area contributed by atoms with Gasteiger partial charge in [-0.2, -0.15) is 11.8 Å². The summed E-state index contributed by atoms with van der Waals surface area (Å²) in [6.45, 7) is 4.47. The molecule has 1 atom stereocenters. The van der Waals surface area contributed by atoms with Gasteiger partial charge in [0.2, 0.25) is 5.91 Å². The van der Waals surface area contributed by atoms with Crippen LogP contribution in [0.15, 0.2) is 30.3 Å². The van der Waals surface area contributed by atoms with E-state index >= 15 is 0 Å². The van der Waals surface area contributed by atoms with Gasteiger partial charge < -0.3 is 4.90 Å². The Hall–Kier alpha value is -0.960. The predicted molar refractivity (Wildman–Crippen MR) is 91.7 cm³/mol. The summed E-state index contributed by atoms with van der Waals surface area (Å²) >= 11 is 1.77. The van der Waals surface area contributed by atoms with Gasteiger partial charge in [0.1, 0.15) is 0 Å². The van der Waals surface area contributed by atoms with Crippen molar-refractivity contribution in [3.63, 3.8) is 0 Å². The molecule has 1 aliphatic carbocycles. The normalized spacial score (nSPS) is 17.3. The minimum Gasteiger partial charge on any atom is -0.342 e. The smallest absolute Gasteiger partial charge is 0.232 e. The van der Waals surface area contributed by atoms with E-state index in [0.29, 0.717) is 17.2 Å². The van der Waals surface area contributed by atoms with Crippen LogP contribution in [0.5, 0.6) is 0 Å². The second kappa shape index (κ2) is 7.35. The van der Waals surface area contributed by atoms with E-state index in [9.17, 15) is 4.79 Å². The highest BCUT2D eigenvalue weighted by Crippen LogP contribution is 2.49. The Kier molecular flexibility index (Phi) is 5.74. The van der Waals surface area contributed by atoms with Crippen molar-refractivity contribution in [3.8, 4) is 0 Å². The molecule has 1 aliphatic rings. The molecule has 1 aromatic rings. The lowest BCUT2D eigenvalue weighted by Gasteiger charge is -2.30. The number of thioether (sulfide) groups is 1. The molecule has 116 valence electrons. The van der Waals surface area contributed by atoms with Crippen LogP contribution >= 0.6 is 11.8 Å². The quantitative estimate of drug-likeness (QED) is 0.677. The summed E-state index contributed by atoms with van der Waals surface area (Å²) in [6, 6.07) is 10.9. The molecule has 1 aromatic carbocycles. The number of benzene rings is 1. The van der Waals surface area contributed by atoms with Gasteiger partial charge in [-0.15, -0.1) is 0 Å². The lowest BCUT2D eigenvalue weighted by atomic mass is 10.00. The number of hydrogen-bond donors (Lipinski definition) is 0. The minimum absolute atomic E-state index is 0.278. The number of carbonyl (C=O) groups excluding carboxylic acids is 1. The van der Waals surface area contributed by atoms with E-state index in [1.165, 1.54) is 18.4 Å². The fourth-order valence-corrected chi connectivity index (χ4v) is 3.45. The van der Waals surface area contributed by atoms with Crippen LogP contribution in [0.4, 0.5) is 0 Å². The first kappa shape index (κ1) is 16.4. The summed E-state index contributed by atoms with van der Waals surface area (Å²) in [7, 11) is 1.96. The van der Waals surface area contributed by atoms with Crippen LogP contribution in [0.2, 0.25) is 0 Å². The average molecular weight is 305 g/mol. The maximum absolute atomic E-state index is 12.2. The van der Waals surface area contributed by atoms with Crippen molar-refractivity contribution in [2.75, 3.05) is 18.6 Å². The monoisotopic (exact) mass is 305 g/mol. The van der Waals surface area contributed by atoms with Crippen LogP contribution in [-0.2, 0) is 11.2 Å². The third-order valence-corrected chi connectivity index (χ3v) is 5.87. The molecule has 0 aromatic heterocycles. The second-order valence-corrected chi connectivity index (χ2v) is 7.58. The molecule has 1 amide bonds. The van der Waals surface area contributed by atoms with Crippen LogP contribution in [0, 0.1) is 5.41 Å². The van der Waals surface area contributed by atoms with E-state index in [-0.39, 0.29) is 5.91 Å². The lowest BCUT2D eigenvalue weighted by molar-refractivity contribution is -0.130. The van der Waals surface area contributed by atoms with Crippen LogP contribution in [0.1, 0.15) is 38.7 Å². The Morgan fingerprint density at radius 1 is 1.33 bits per heavy atom. The summed E-state index contributed by atoms with van der Waals surface area (Å²) in [5.74, 6) is 1.95. The van der Waals surface area contributed by atoms with Gasteiger partial charge in [-0.25, -0.2) is 0 Å². The van der Waals surface area contributed by atoms with Crippen molar-refractivity contribution >= 4 is 17.7 Å². The molecular weight excluding hydrogens is 278 g/mol. The Morgan fingerprint density at radius 3 is 2.62 bits per heavy atom. The zero-order valence-corrected chi connectivity index (χ0v) is 14.3. The zero-order chi connectivity index (χ0) is 15.3. The first-order chi connectivity index (χ1) is 10.0. The van der Waals surface area contributed by atoms with Crippen molar-refractivity contribution < 1.29 is 4.79 Å². The largest absolute Gasteiger partial charge is 0.342 e. The minimum atomic E-state index is 0.278. The highest BCUT2D eigenvalue weighted by atomic mass is 32.2. The number of rotatable bonds is 8. The van der Waals surface area contributed by atoms with E-state index in [4.69, 9.17) is 0 Å². The molecule has 0 aliphatic heterocycles. The third kappa shape index (κ3) is 4.77. The molecule has 0 unspecified atom stereocenters. The Bertz CT molecular complexity index is 456. The summed E-state index contributed by atoms with van der Waals surface area (Å²) in [5, 5.41) is 0. The van der Waals surface area contributed by atoms with Crippen molar-refractivity contribution in [1.29, 1.82) is 0 Å². The topological polar surface area (TPSA) is 20.3 Å². The Labute approximate surface area is 133 Å². The van der Waals surface area contributed by atoms with Crippen LogP contribution in [0.3, 0.4) is 0 Å². The maximum atomic E-state index is 12.2. The summed E-state index contributed by atoms with van der Waals surface area (Å²) in [6.07, 6.45) is 4.76. The van der Waals surface area contributed by atoms with Gasteiger partial charge in [0.05, 0.1) is 5.75 Å². The molecule has 0 heterocycles. The number of hydrogen-bond acceptors (Lipinski definition) is 2. The van der Waals surface area contributed by atoms with Crippen molar-refractivity contribution in [2.45, 2.75) is 45.6 Å². The van der Waals surface area contributed by atoms with E-state index in [2.05, 4.69) is 38.1 Å². The average Bonchev–Trinajstić information content (AvgIpc) is 3.25. The molecule has 0 saturated heterocycles. The maximum Gasteiger partial charge on any atom is 0.232 e. The van der Waals surface area contributed by atoms with Crippen molar-refractivity contribution in [2.24, 2.45) is 5.41 Å². The fraction of sp³-hybridized carbons (Fsp3) is 0.611. The number of amides is 1. The van der Waals surface area contributed by atoms with E-state index < -0.39 is 0 Å². The second-order valence-electron chi connectivity index (χ2n) is 6.48. The number of nitrogens with zero attached hydrogens (tertiary/aromatic N) is 1. The van der Waals surface area contributed by atoms with Gasteiger partial charge in [0.15, 0.2) is 0 Å². The van der Waals surface area contributed by atoms with Crippen molar-refractivity contribution in [1.82, 2.24) is 4.90 Å². The molecule has 1 fully saturated rings. The van der Waals surface area contributed by atoms with Gasteiger partial charge >= 0.3 is 0 Å². The Morgan fingerprint density at radius 2 is 2.00 bits per heavy atom. The summed E-state index contributed by atoms with van der Waals surface area (Å²) in [4.78, 5) is 14.2. The molecule has 0 N–H and O–H groups in total. The highest BCUT2D eigenvalue weighted by molar-refractivity contribution is 7.99. The molecule has 21 heavy (non-hydrogen) atoms. The summed E-state index contributed by atoms with van der Waals surface area (Å²) in [5.41, 5.74) is 1.76.